The Balaban J connectivity index is 1.24. The van der Waals surface area contributed by atoms with Crippen LogP contribution in [0.3, 0.4) is 0 Å². The van der Waals surface area contributed by atoms with Crippen LogP contribution < -0.4 is 0 Å². The topological polar surface area (TPSA) is 49.9 Å². The van der Waals surface area contributed by atoms with E-state index < -0.39 is 0 Å². The Kier molecular flexibility index (Phi) is 6.30. The normalized spacial score (nSPS) is 26.9. The number of carbonyl (C=O) groups excluding carboxylic acids is 2. The molecule has 1 aromatic carbocycles. The quantitative estimate of drug-likeness (QED) is 0.805. The maximum absolute atomic E-state index is 13.0. The maximum atomic E-state index is 13.0. The molecular formula is C23H32N2O3. The van der Waals surface area contributed by atoms with E-state index in [1.807, 2.05) is 9.80 Å². The van der Waals surface area contributed by atoms with E-state index in [9.17, 15) is 9.59 Å². The number of hydrogen-bond acceptors (Lipinski definition) is 3. The third-order valence-electron chi connectivity index (χ3n) is 6.83. The summed E-state index contributed by atoms with van der Waals surface area (Å²) in [5.41, 5.74) is 1.41. The first kappa shape index (κ1) is 19.4. The SMILES string of the molecule is O=C(C1CCN(C(=O)C2CCC(c3ccccc3)CC2)CC1)N1CCOCC1. The van der Waals surface area contributed by atoms with E-state index in [-0.39, 0.29) is 17.7 Å². The zero-order valence-electron chi connectivity index (χ0n) is 16.7. The number of likely N-dealkylation sites (tertiary alicyclic amines) is 1. The molecule has 0 N–H and O–H groups in total. The lowest BCUT2D eigenvalue weighted by Crippen LogP contribution is -2.48. The second-order valence-corrected chi connectivity index (χ2v) is 8.50. The van der Waals surface area contributed by atoms with Gasteiger partial charge in [0.25, 0.3) is 0 Å². The summed E-state index contributed by atoms with van der Waals surface area (Å²) in [5.74, 6) is 1.44. The number of rotatable bonds is 3. The molecule has 2 saturated heterocycles. The summed E-state index contributed by atoms with van der Waals surface area (Å²) < 4.78 is 5.34. The lowest BCUT2D eigenvalue weighted by Gasteiger charge is -2.38. The van der Waals surface area contributed by atoms with E-state index in [0.717, 1.165) is 51.6 Å². The third kappa shape index (κ3) is 4.40. The number of morpholine rings is 1. The first-order valence-corrected chi connectivity index (χ1v) is 10.9. The van der Waals surface area contributed by atoms with Gasteiger partial charge in [-0.15, -0.1) is 0 Å². The minimum Gasteiger partial charge on any atom is -0.378 e. The van der Waals surface area contributed by atoms with Crippen LogP contribution in [-0.4, -0.2) is 61.0 Å². The smallest absolute Gasteiger partial charge is 0.225 e. The minimum atomic E-state index is 0.0796. The molecule has 0 atom stereocenters. The molecule has 0 unspecified atom stereocenters. The second kappa shape index (κ2) is 9.08. The van der Waals surface area contributed by atoms with Crippen LogP contribution in [0.15, 0.2) is 30.3 Å². The lowest BCUT2D eigenvalue weighted by molar-refractivity contribution is -0.145. The van der Waals surface area contributed by atoms with Crippen LogP contribution in [0.5, 0.6) is 0 Å². The molecular weight excluding hydrogens is 352 g/mol. The first-order valence-electron chi connectivity index (χ1n) is 10.9. The predicted octanol–water partition coefficient (Wildman–Crippen LogP) is 3.06. The van der Waals surface area contributed by atoms with Gasteiger partial charge in [-0.2, -0.15) is 0 Å². The van der Waals surface area contributed by atoms with E-state index in [4.69, 9.17) is 4.74 Å². The highest BCUT2D eigenvalue weighted by Crippen LogP contribution is 2.37. The van der Waals surface area contributed by atoms with Gasteiger partial charge in [-0.25, -0.2) is 0 Å². The fourth-order valence-corrected chi connectivity index (χ4v) is 5.05. The van der Waals surface area contributed by atoms with Crippen molar-refractivity contribution in [1.29, 1.82) is 0 Å². The summed E-state index contributed by atoms with van der Waals surface area (Å²) in [4.78, 5) is 29.6. The Labute approximate surface area is 168 Å². The summed E-state index contributed by atoms with van der Waals surface area (Å²) in [7, 11) is 0. The Hall–Kier alpha value is -1.88. The van der Waals surface area contributed by atoms with Gasteiger partial charge in [0.1, 0.15) is 0 Å². The molecule has 2 heterocycles. The fourth-order valence-electron chi connectivity index (χ4n) is 5.05. The van der Waals surface area contributed by atoms with Gasteiger partial charge in [0, 0.05) is 38.0 Å². The maximum Gasteiger partial charge on any atom is 0.225 e. The van der Waals surface area contributed by atoms with Gasteiger partial charge in [0.2, 0.25) is 11.8 Å². The van der Waals surface area contributed by atoms with Crippen molar-refractivity contribution in [3.8, 4) is 0 Å². The van der Waals surface area contributed by atoms with Crippen molar-refractivity contribution in [2.45, 2.75) is 44.4 Å². The van der Waals surface area contributed by atoms with Crippen LogP contribution in [0, 0.1) is 11.8 Å². The summed E-state index contributed by atoms with van der Waals surface area (Å²) in [6, 6.07) is 10.7. The summed E-state index contributed by atoms with van der Waals surface area (Å²) in [5, 5.41) is 0. The number of hydrogen-bond donors (Lipinski definition) is 0. The lowest BCUT2D eigenvalue weighted by atomic mass is 9.78. The van der Waals surface area contributed by atoms with Crippen LogP contribution in [0.2, 0.25) is 0 Å². The Morgan fingerprint density at radius 1 is 0.714 bits per heavy atom. The monoisotopic (exact) mass is 384 g/mol. The molecule has 3 fully saturated rings. The van der Waals surface area contributed by atoms with Crippen LogP contribution >= 0.6 is 0 Å². The Morgan fingerprint density at radius 3 is 1.86 bits per heavy atom. The predicted molar refractivity (Wildman–Crippen MR) is 108 cm³/mol. The molecule has 0 spiro atoms. The largest absolute Gasteiger partial charge is 0.378 e. The van der Waals surface area contributed by atoms with Gasteiger partial charge in [-0.1, -0.05) is 30.3 Å². The van der Waals surface area contributed by atoms with Crippen LogP contribution in [0.25, 0.3) is 0 Å². The third-order valence-corrected chi connectivity index (χ3v) is 6.83. The van der Waals surface area contributed by atoms with Crippen LogP contribution in [0.1, 0.15) is 50.0 Å². The number of amides is 2. The molecule has 2 aliphatic heterocycles. The molecule has 0 radical (unpaired) electrons. The van der Waals surface area contributed by atoms with Crippen molar-refractivity contribution in [3.63, 3.8) is 0 Å². The van der Waals surface area contributed by atoms with Crippen LogP contribution in [0.4, 0.5) is 0 Å². The standard InChI is InChI=1S/C23H32N2O3/c26-22(20-8-6-19(7-9-20)18-4-2-1-3-5-18)24-12-10-21(11-13-24)23(27)25-14-16-28-17-15-25/h1-5,19-21H,6-17H2. The molecule has 152 valence electrons. The average Bonchev–Trinajstić information content (AvgIpc) is 2.79. The van der Waals surface area contributed by atoms with Crippen LogP contribution in [-0.2, 0) is 14.3 Å². The molecule has 3 aliphatic rings. The Bertz CT molecular complexity index is 656. The molecule has 5 nitrogen and oxygen atoms in total. The van der Waals surface area contributed by atoms with Gasteiger partial charge < -0.3 is 14.5 Å². The van der Waals surface area contributed by atoms with Gasteiger partial charge in [0.05, 0.1) is 13.2 Å². The van der Waals surface area contributed by atoms with Crippen molar-refractivity contribution in [1.82, 2.24) is 9.80 Å². The molecule has 1 saturated carbocycles. The van der Waals surface area contributed by atoms with E-state index in [1.54, 1.807) is 0 Å². The molecule has 0 aromatic heterocycles. The van der Waals surface area contributed by atoms with Crippen molar-refractivity contribution >= 4 is 11.8 Å². The zero-order valence-corrected chi connectivity index (χ0v) is 16.7. The second-order valence-electron chi connectivity index (χ2n) is 8.50. The molecule has 2 amide bonds. The molecule has 0 bridgehead atoms. The average molecular weight is 385 g/mol. The van der Waals surface area contributed by atoms with E-state index >= 15 is 0 Å². The number of carbonyl (C=O) groups is 2. The van der Waals surface area contributed by atoms with Crippen molar-refractivity contribution < 1.29 is 14.3 Å². The van der Waals surface area contributed by atoms with E-state index in [2.05, 4.69) is 30.3 Å². The van der Waals surface area contributed by atoms with Crippen molar-refractivity contribution in [2.24, 2.45) is 11.8 Å². The highest BCUT2D eigenvalue weighted by atomic mass is 16.5. The van der Waals surface area contributed by atoms with Crippen molar-refractivity contribution in [2.75, 3.05) is 39.4 Å². The summed E-state index contributed by atoms with van der Waals surface area (Å²) in [6.07, 6.45) is 5.80. The molecule has 1 aromatic rings. The number of benzene rings is 1. The summed E-state index contributed by atoms with van der Waals surface area (Å²) >= 11 is 0. The fraction of sp³-hybridized carbons (Fsp3) is 0.652. The highest BCUT2D eigenvalue weighted by molar-refractivity contribution is 5.81. The van der Waals surface area contributed by atoms with Gasteiger partial charge in [0.15, 0.2) is 0 Å². The summed E-state index contributed by atoms with van der Waals surface area (Å²) in [6.45, 7) is 4.19. The molecule has 4 rings (SSSR count). The van der Waals surface area contributed by atoms with Gasteiger partial charge in [-0.3, -0.25) is 9.59 Å². The number of ether oxygens (including phenoxy) is 1. The number of piperidine rings is 1. The van der Waals surface area contributed by atoms with E-state index in [0.29, 0.717) is 38.1 Å². The van der Waals surface area contributed by atoms with Gasteiger partial charge in [-0.05, 0) is 50.0 Å². The first-order chi connectivity index (χ1) is 13.7. The highest BCUT2D eigenvalue weighted by Gasteiger charge is 2.34. The molecule has 5 heteroatoms. The van der Waals surface area contributed by atoms with E-state index in [1.165, 1.54) is 5.56 Å². The number of nitrogens with zero attached hydrogens (tertiary/aromatic N) is 2. The molecule has 1 aliphatic carbocycles. The van der Waals surface area contributed by atoms with Crippen molar-refractivity contribution in [3.05, 3.63) is 35.9 Å². The minimum absolute atomic E-state index is 0.0796. The zero-order chi connectivity index (χ0) is 19.3. The van der Waals surface area contributed by atoms with Gasteiger partial charge >= 0.3 is 0 Å². The molecule has 28 heavy (non-hydrogen) atoms. The Morgan fingerprint density at radius 2 is 1.25 bits per heavy atom.